The molecular weight excluding hydrogens is 1820 g/mol. The summed E-state index contributed by atoms with van der Waals surface area (Å²) in [5.74, 6) is -19.5. The van der Waals surface area contributed by atoms with E-state index in [1.807, 2.05) is 18.2 Å². The highest BCUT2D eigenvalue weighted by molar-refractivity contribution is 6.35. The van der Waals surface area contributed by atoms with Gasteiger partial charge in [-0.2, -0.15) is 55.3 Å². The lowest BCUT2D eigenvalue weighted by Crippen LogP contribution is -2.43. The fraction of sp³-hybridized carbons (Fsp3) is 0.226. The van der Waals surface area contributed by atoms with Crippen molar-refractivity contribution in [1.29, 1.82) is 15.8 Å². The monoisotopic (exact) mass is 1880 g/mol. The van der Waals surface area contributed by atoms with Crippen LogP contribution in [0.25, 0.3) is 66.1 Å². The van der Waals surface area contributed by atoms with Crippen molar-refractivity contribution in [3.63, 3.8) is 0 Å². The summed E-state index contributed by atoms with van der Waals surface area (Å²) in [6, 6.07) is 32.4. The molecule has 21 nitrogen and oxygen atoms in total. The van der Waals surface area contributed by atoms with Gasteiger partial charge in [-0.1, -0.05) is 108 Å². The summed E-state index contributed by atoms with van der Waals surface area (Å²) in [6.07, 6.45) is -8.39. The number of hydrogen-bond acceptors (Lipinski definition) is 15. The largest absolute Gasteiger partial charge is 0.480 e. The van der Waals surface area contributed by atoms with Gasteiger partial charge >= 0.3 is 36.4 Å². The average Bonchev–Trinajstić information content (AvgIpc) is 0.955. The Labute approximate surface area is 753 Å². The van der Waals surface area contributed by atoms with Gasteiger partial charge in [0.2, 0.25) is 0 Å². The molecule has 12 aromatic rings. The highest BCUT2D eigenvalue weighted by Crippen LogP contribution is 2.47. The van der Waals surface area contributed by atoms with Gasteiger partial charge in [0.25, 0.3) is 17.7 Å². The van der Waals surface area contributed by atoms with E-state index < -0.39 is 177 Å². The standard InChI is InChI=1S/3C31H22ClF5N4O3/c3*32-22-10-15(14-38)3-7-20(22)21-8-6-17(19-2-1-9-39-27(19)21)11-25(30(43)44)41-29(42)26-23(33)12-18(13-24(26)34)40-28(16-4-5-16)31(35,36)37/h3*1-3,6-10,12-13,16,25,28,40H,4-5,11H2,(H,41,42)(H,43,44)/t25-,28?;25-,28+;25-,28-/m000/s1. The number of aromatic nitrogens is 3. The number of carbonyl (C=O) groups is 6. The summed E-state index contributed by atoms with van der Waals surface area (Å²) >= 11 is 19.2. The second-order valence-electron chi connectivity index (χ2n) is 31.1. The Balaban J connectivity index is 0.000000168. The van der Waals surface area contributed by atoms with Crippen molar-refractivity contribution >= 4 is 120 Å². The second-order valence-corrected chi connectivity index (χ2v) is 32.3. The molecule has 0 bridgehead atoms. The lowest BCUT2D eigenvalue weighted by atomic mass is 9.94. The second kappa shape index (κ2) is 39.6. The number of carbonyl (C=O) groups excluding carboxylic acids is 3. The Bertz CT molecular complexity index is 6020. The molecule has 0 saturated heterocycles. The van der Waals surface area contributed by atoms with E-state index in [0.717, 1.165) is 0 Å². The van der Waals surface area contributed by atoms with E-state index in [9.17, 15) is 110 Å². The quantitative estimate of drug-likeness (QED) is 0.0216. The number of nitriles is 3. The molecule has 3 aliphatic rings. The van der Waals surface area contributed by atoms with Gasteiger partial charge in [0, 0.05) is 120 Å². The highest BCUT2D eigenvalue weighted by Gasteiger charge is 2.52. The van der Waals surface area contributed by atoms with Gasteiger partial charge in [0.05, 0.1) is 51.4 Å². The molecule has 0 radical (unpaired) electrons. The number of carboxylic acids is 3. The number of alkyl halides is 9. The maximum Gasteiger partial charge on any atom is 0.408 e. The number of nitrogens with zero attached hydrogens (tertiary/aromatic N) is 6. The zero-order valence-corrected chi connectivity index (χ0v) is 69.9. The zero-order valence-electron chi connectivity index (χ0n) is 67.7. The molecule has 9 N–H and O–H groups in total. The summed E-state index contributed by atoms with van der Waals surface area (Å²) < 4.78 is 210. The van der Waals surface area contributed by atoms with Crippen LogP contribution >= 0.6 is 34.8 Å². The lowest BCUT2D eigenvalue weighted by Gasteiger charge is -2.23. The predicted molar refractivity (Wildman–Crippen MR) is 456 cm³/mol. The van der Waals surface area contributed by atoms with E-state index in [4.69, 9.17) is 50.6 Å². The Morgan fingerprint density at radius 1 is 0.356 bits per heavy atom. The van der Waals surface area contributed by atoms with Crippen LogP contribution in [0.15, 0.2) is 182 Å². The SMILES string of the molecule is N#Cc1ccc(-c2ccc(C[C@H](NC(=O)c3c(F)cc(NC(C4CC4)C(F)(F)F)cc3F)C(=O)O)c3cccnc23)c(Cl)c1.N#Cc1ccc(-c2ccc(C[C@H](NC(=O)c3c(F)cc(N[C@@H](C4CC4)C(F)(F)F)cc3F)C(=O)O)c3cccnc23)c(Cl)c1.N#Cc1ccc(-c2ccc(C[C@H](NC(=O)c3c(F)cc(N[C@H](C4CC4)C(F)(F)F)cc3F)C(=O)O)c3cccnc23)c(Cl)c1. The van der Waals surface area contributed by atoms with E-state index in [1.54, 1.807) is 109 Å². The molecule has 3 amide bonds. The topological polar surface area (TPSA) is 345 Å². The number of anilines is 3. The minimum absolute atomic E-state index is 0.297. The molecule has 39 heteroatoms. The summed E-state index contributed by atoms with van der Waals surface area (Å²) in [4.78, 5) is 88.3. The van der Waals surface area contributed by atoms with Crippen molar-refractivity contribution in [2.24, 2.45) is 17.8 Å². The fourth-order valence-corrected chi connectivity index (χ4v) is 15.9. The molecule has 3 saturated carbocycles. The van der Waals surface area contributed by atoms with Crippen LogP contribution in [0, 0.1) is 86.7 Å². The number of halogens is 18. The van der Waals surface area contributed by atoms with Gasteiger partial charge in [-0.3, -0.25) is 29.3 Å². The number of rotatable bonds is 27. The van der Waals surface area contributed by atoms with Crippen molar-refractivity contribution in [2.75, 3.05) is 16.0 Å². The first-order valence-corrected chi connectivity index (χ1v) is 41.0. The van der Waals surface area contributed by atoms with Gasteiger partial charge in [-0.05, 0) is 164 Å². The number of hydrogen-bond donors (Lipinski definition) is 9. The van der Waals surface area contributed by atoms with Crippen LogP contribution in [0.3, 0.4) is 0 Å². The van der Waals surface area contributed by atoms with Crippen molar-refractivity contribution in [1.82, 2.24) is 30.9 Å². The number of nitrogens with one attached hydrogen (secondary N) is 6. The van der Waals surface area contributed by atoms with E-state index >= 15 is 0 Å². The fourth-order valence-electron chi connectivity index (χ4n) is 15.1. The normalized spacial score (nSPS) is 14.5. The van der Waals surface area contributed by atoms with Crippen molar-refractivity contribution in [3.8, 4) is 51.6 Å². The first kappa shape index (κ1) is 95.3. The number of pyridine rings is 3. The first-order chi connectivity index (χ1) is 62.6. The van der Waals surface area contributed by atoms with Crippen LogP contribution in [0.4, 0.5) is 82.9 Å². The van der Waals surface area contributed by atoms with Crippen LogP contribution in [0.2, 0.25) is 15.1 Å². The lowest BCUT2D eigenvalue weighted by molar-refractivity contribution is -0.147. The number of fused-ring (bicyclic) bond motifs is 3. The molecule has 3 fully saturated rings. The van der Waals surface area contributed by atoms with E-state index in [2.05, 4.69) is 46.9 Å². The molecule has 15 rings (SSSR count). The molecule has 3 heterocycles. The van der Waals surface area contributed by atoms with E-state index in [1.165, 1.54) is 36.8 Å². The van der Waals surface area contributed by atoms with E-state index in [-0.39, 0.29) is 19.3 Å². The minimum Gasteiger partial charge on any atom is -0.480 e. The number of aliphatic carboxylic acids is 3. The Hall–Kier alpha value is -14.3. The molecule has 132 heavy (non-hydrogen) atoms. The number of amides is 3. The van der Waals surface area contributed by atoms with Gasteiger partial charge < -0.3 is 47.2 Å². The molecule has 678 valence electrons. The molecule has 1 unspecified atom stereocenters. The Morgan fingerprint density at radius 3 is 0.780 bits per heavy atom. The smallest absolute Gasteiger partial charge is 0.408 e. The molecule has 9 aromatic carbocycles. The third-order valence-electron chi connectivity index (χ3n) is 21.9. The Kier molecular flexibility index (Phi) is 28.6. The van der Waals surface area contributed by atoms with Crippen LogP contribution in [-0.4, -0.2) is 121 Å². The summed E-state index contributed by atoms with van der Waals surface area (Å²) in [5, 5.41) is 72.1. The third kappa shape index (κ3) is 22.2. The maximum absolute atomic E-state index is 14.9. The van der Waals surface area contributed by atoms with Crippen molar-refractivity contribution in [3.05, 3.63) is 282 Å². The summed E-state index contributed by atoms with van der Waals surface area (Å²) in [7, 11) is 0. The third-order valence-corrected chi connectivity index (χ3v) is 22.9. The van der Waals surface area contributed by atoms with Crippen molar-refractivity contribution in [2.45, 2.75) is 113 Å². The number of carboxylic acid groups (broad SMARTS) is 3. The molecule has 3 aromatic heterocycles. The van der Waals surface area contributed by atoms with Gasteiger partial charge in [-0.25, -0.2) is 40.7 Å². The van der Waals surface area contributed by atoms with Crippen LogP contribution in [-0.2, 0) is 33.6 Å². The van der Waals surface area contributed by atoms with Crippen LogP contribution in [0.5, 0.6) is 0 Å². The average molecular weight is 1890 g/mol. The minimum atomic E-state index is -4.65. The summed E-state index contributed by atoms with van der Waals surface area (Å²) in [5.41, 5.74) is 2.39. The van der Waals surface area contributed by atoms with Gasteiger partial charge in [0.1, 0.15) is 87.8 Å². The molecule has 3 aliphatic carbocycles. The highest BCUT2D eigenvalue weighted by atomic mass is 35.5. The summed E-state index contributed by atoms with van der Waals surface area (Å²) in [6.45, 7) is 0. The van der Waals surface area contributed by atoms with E-state index in [0.29, 0.717) is 189 Å². The molecule has 0 spiro atoms. The van der Waals surface area contributed by atoms with Crippen LogP contribution in [0.1, 0.15) is 103 Å². The van der Waals surface area contributed by atoms with Gasteiger partial charge in [-0.15, -0.1) is 0 Å². The molecule has 0 aliphatic heterocycles. The molecular formula is C93H66Cl3F15N12O9. The maximum atomic E-state index is 14.9. The predicted octanol–water partition coefficient (Wildman–Crippen LogP) is 20.7. The van der Waals surface area contributed by atoms with Crippen molar-refractivity contribution < 1.29 is 110 Å². The van der Waals surface area contributed by atoms with Crippen LogP contribution < -0.4 is 31.9 Å². The number of benzene rings is 9. The first-order valence-electron chi connectivity index (χ1n) is 39.9. The Morgan fingerprint density at radius 2 is 0.583 bits per heavy atom. The molecule has 6 atom stereocenters. The zero-order chi connectivity index (χ0) is 95.3. The van der Waals surface area contributed by atoms with Gasteiger partial charge in [0.15, 0.2) is 0 Å².